The van der Waals surface area contributed by atoms with Crippen LogP contribution in [0.4, 0.5) is 5.82 Å². The highest BCUT2D eigenvalue weighted by Gasteiger charge is 2.09. The fourth-order valence-electron chi connectivity index (χ4n) is 1.25. The Labute approximate surface area is 97.3 Å². The van der Waals surface area contributed by atoms with Gasteiger partial charge in [0.05, 0.1) is 35.8 Å². The molecule has 0 atom stereocenters. The topological polar surface area (TPSA) is 73.9 Å². The Bertz CT molecular complexity index is 501. The SMILES string of the molecule is COc1ncc(Cl)cc1-c1cnc(N)cn1. The van der Waals surface area contributed by atoms with Gasteiger partial charge in [0.25, 0.3) is 0 Å². The van der Waals surface area contributed by atoms with Gasteiger partial charge in [0.2, 0.25) is 5.88 Å². The molecule has 0 aliphatic heterocycles. The zero-order valence-corrected chi connectivity index (χ0v) is 9.27. The second-order valence-corrected chi connectivity index (χ2v) is 3.47. The van der Waals surface area contributed by atoms with E-state index in [1.807, 2.05) is 0 Å². The molecule has 82 valence electrons. The summed E-state index contributed by atoms with van der Waals surface area (Å²) in [4.78, 5) is 12.1. The largest absolute Gasteiger partial charge is 0.481 e. The van der Waals surface area contributed by atoms with Gasteiger partial charge in [0.15, 0.2) is 0 Å². The molecule has 2 N–H and O–H groups in total. The van der Waals surface area contributed by atoms with Crippen LogP contribution in [-0.2, 0) is 0 Å². The molecule has 0 saturated heterocycles. The van der Waals surface area contributed by atoms with Crippen molar-refractivity contribution in [2.75, 3.05) is 12.8 Å². The number of nitrogens with zero attached hydrogens (tertiary/aromatic N) is 3. The first-order valence-corrected chi connectivity index (χ1v) is 4.86. The normalized spacial score (nSPS) is 10.1. The molecule has 2 heterocycles. The summed E-state index contributed by atoms with van der Waals surface area (Å²) >= 11 is 5.86. The molecule has 2 rings (SSSR count). The highest BCUT2D eigenvalue weighted by Crippen LogP contribution is 2.28. The smallest absolute Gasteiger partial charge is 0.222 e. The number of anilines is 1. The van der Waals surface area contributed by atoms with Crippen molar-refractivity contribution in [3.05, 3.63) is 29.7 Å². The summed E-state index contributed by atoms with van der Waals surface area (Å²) < 4.78 is 5.12. The van der Waals surface area contributed by atoms with E-state index in [0.29, 0.717) is 28.0 Å². The molecule has 0 bridgehead atoms. The maximum atomic E-state index is 5.86. The van der Waals surface area contributed by atoms with E-state index in [1.54, 1.807) is 12.3 Å². The third-order valence-electron chi connectivity index (χ3n) is 1.96. The number of aromatic nitrogens is 3. The second-order valence-electron chi connectivity index (χ2n) is 3.04. The Hall–Kier alpha value is -1.88. The minimum absolute atomic E-state index is 0.359. The molecule has 0 aliphatic carbocycles. The van der Waals surface area contributed by atoms with Gasteiger partial charge in [-0.25, -0.2) is 9.97 Å². The van der Waals surface area contributed by atoms with Gasteiger partial charge >= 0.3 is 0 Å². The highest BCUT2D eigenvalue weighted by molar-refractivity contribution is 6.30. The summed E-state index contributed by atoms with van der Waals surface area (Å²) in [6, 6.07) is 1.72. The first kappa shape index (κ1) is 10.6. The lowest BCUT2D eigenvalue weighted by Crippen LogP contribution is -1.96. The maximum absolute atomic E-state index is 5.86. The molecular weight excluding hydrogens is 228 g/mol. The van der Waals surface area contributed by atoms with Crippen LogP contribution in [0.1, 0.15) is 0 Å². The zero-order valence-electron chi connectivity index (χ0n) is 8.51. The Balaban J connectivity index is 2.53. The molecule has 0 unspecified atom stereocenters. The summed E-state index contributed by atoms with van der Waals surface area (Å²) in [6.07, 6.45) is 4.52. The molecular formula is C10H9ClN4O. The standard InChI is InChI=1S/C10H9ClN4O/c1-16-10-7(2-6(11)3-15-10)8-4-14-9(12)5-13-8/h2-5H,1H3,(H2,12,14). The first-order valence-electron chi connectivity index (χ1n) is 4.48. The van der Waals surface area contributed by atoms with Gasteiger partial charge in [-0.1, -0.05) is 11.6 Å². The van der Waals surface area contributed by atoms with Crippen LogP contribution in [0.15, 0.2) is 24.7 Å². The van der Waals surface area contributed by atoms with E-state index >= 15 is 0 Å². The fraction of sp³-hybridized carbons (Fsp3) is 0.100. The zero-order chi connectivity index (χ0) is 11.5. The number of nitrogens with two attached hydrogens (primary N) is 1. The highest BCUT2D eigenvalue weighted by atomic mass is 35.5. The van der Waals surface area contributed by atoms with Gasteiger partial charge < -0.3 is 10.5 Å². The van der Waals surface area contributed by atoms with E-state index in [2.05, 4.69) is 15.0 Å². The van der Waals surface area contributed by atoms with Crippen LogP contribution in [-0.4, -0.2) is 22.1 Å². The van der Waals surface area contributed by atoms with Gasteiger partial charge in [-0.05, 0) is 6.07 Å². The predicted molar refractivity (Wildman–Crippen MR) is 61.2 cm³/mol. The number of ether oxygens (including phenoxy) is 1. The number of hydrogen-bond acceptors (Lipinski definition) is 5. The Kier molecular flexibility index (Phi) is 2.87. The lowest BCUT2D eigenvalue weighted by atomic mass is 10.2. The third kappa shape index (κ3) is 2.04. The van der Waals surface area contributed by atoms with Crippen molar-refractivity contribution in [2.24, 2.45) is 0 Å². The Morgan fingerprint density at radius 2 is 2.00 bits per heavy atom. The fourth-order valence-corrected chi connectivity index (χ4v) is 1.41. The van der Waals surface area contributed by atoms with Crippen LogP contribution < -0.4 is 10.5 Å². The Morgan fingerprint density at radius 3 is 2.62 bits per heavy atom. The van der Waals surface area contributed by atoms with Crippen molar-refractivity contribution in [3.63, 3.8) is 0 Å². The van der Waals surface area contributed by atoms with E-state index in [0.717, 1.165) is 0 Å². The first-order chi connectivity index (χ1) is 7.70. The van der Waals surface area contributed by atoms with Gasteiger partial charge in [-0.3, -0.25) is 4.98 Å². The van der Waals surface area contributed by atoms with Gasteiger partial charge in [0.1, 0.15) is 5.82 Å². The van der Waals surface area contributed by atoms with Crippen molar-refractivity contribution in [1.82, 2.24) is 15.0 Å². The summed E-state index contributed by atoms with van der Waals surface area (Å²) in [6.45, 7) is 0. The minimum atomic E-state index is 0.359. The summed E-state index contributed by atoms with van der Waals surface area (Å²) in [7, 11) is 1.53. The van der Waals surface area contributed by atoms with Gasteiger partial charge in [0, 0.05) is 6.20 Å². The second kappa shape index (κ2) is 4.32. The van der Waals surface area contributed by atoms with Gasteiger partial charge in [-0.2, -0.15) is 0 Å². The minimum Gasteiger partial charge on any atom is -0.481 e. The molecule has 0 radical (unpaired) electrons. The van der Waals surface area contributed by atoms with Gasteiger partial charge in [-0.15, -0.1) is 0 Å². The van der Waals surface area contributed by atoms with E-state index in [4.69, 9.17) is 22.1 Å². The lowest BCUT2D eigenvalue weighted by molar-refractivity contribution is 0.399. The third-order valence-corrected chi connectivity index (χ3v) is 2.17. The van der Waals surface area contributed by atoms with Crippen molar-refractivity contribution in [1.29, 1.82) is 0 Å². The van der Waals surface area contributed by atoms with Crippen molar-refractivity contribution in [2.45, 2.75) is 0 Å². The van der Waals surface area contributed by atoms with Crippen LogP contribution in [0.5, 0.6) is 5.88 Å². The molecule has 16 heavy (non-hydrogen) atoms. The number of rotatable bonds is 2. The summed E-state index contributed by atoms with van der Waals surface area (Å²) in [5.41, 5.74) is 6.75. The van der Waals surface area contributed by atoms with Crippen molar-refractivity contribution in [3.8, 4) is 17.1 Å². The molecule has 2 aromatic rings. The predicted octanol–water partition coefficient (Wildman–Crippen LogP) is 1.78. The quantitative estimate of drug-likeness (QED) is 0.860. The molecule has 0 aromatic carbocycles. The number of pyridine rings is 1. The molecule has 0 saturated carbocycles. The number of hydrogen-bond donors (Lipinski definition) is 1. The summed E-state index contributed by atoms with van der Waals surface area (Å²) in [5, 5.41) is 0.509. The molecule has 6 heteroatoms. The van der Waals surface area contributed by atoms with Crippen LogP contribution in [0.25, 0.3) is 11.3 Å². The van der Waals surface area contributed by atoms with Crippen LogP contribution in [0.2, 0.25) is 5.02 Å². The van der Waals surface area contributed by atoms with E-state index < -0.39 is 0 Å². The number of halogens is 1. The molecule has 5 nitrogen and oxygen atoms in total. The van der Waals surface area contributed by atoms with Crippen LogP contribution in [0.3, 0.4) is 0 Å². The average Bonchev–Trinajstić information content (AvgIpc) is 2.30. The van der Waals surface area contributed by atoms with Crippen molar-refractivity contribution >= 4 is 17.4 Å². The van der Waals surface area contributed by atoms with E-state index in [9.17, 15) is 0 Å². The Morgan fingerprint density at radius 1 is 1.19 bits per heavy atom. The molecule has 0 fully saturated rings. The molecule has 2 aromatic heterocycles. The number of nitrogen functional groups attached to an aromatic ring is 1. The average molecular weight is 237 g/mol. The van der Waals surface area contributed by atoms with Crippen LogP contribution >= 0.6 is 11.6 Å². The molecule has 0 amide bonds. The van der Waals surface area contributed by atoms with E-state index in [-0.39, 0.29) is 0 Å². The van der Waals surface area contributed by atoms with E-state index in [1.165, 1.54) is 19.5 Å². The monoisotopic (exact) mass is 236 g/mol. The molecule has 0 spiro atoms. The molecule has 0 aliphatic rings. The number of methoxy groups -OCH3 is 1. The maximum Gasteiger partial charge on any atom is 0.222 e. The van der Waals surface area contributed by atoms with Crippen LogP contribution in [0, 0.1) is 0 Å². The lowest BCUT2D eigenvalue weighted by Gasteiger charge is -2.06. The van der Waals surface area contributed by atoms with Crippen molar-refractivity contribution < 1.29 is 4.74 Å². The summed E-state index contributed by atoms with van der Waals surface area (Å²) in [5.74, 6) is 0.807.